The topological polar surface area (TPSA) is 46.2 Å². The van der Waals surface area contributed by atoms with Crippen molar-refractivity contribution >= 4 is 11.6 Å². The van der Waals surface area contributed by atoms with Crippen molar-refractivity contribution in [1.29, 1.82) is 0 Å². The Bertz CT molecular complexity index is 345. The van der Waals surface area contributed by atoms with Crippen molar-refractivity contribution in [3.8, 4) is 5.75 Å². The zero-order valence-corrected chi connectivity index (χ0v) is 8.98. The van der Waals surface area contributed by atoms with Gasteiger partial charge in [-0.2, -0.15) is 0 Å². The minimum absolute atomic E-state index is 0.106. The van der Waals surface area contributed by atoms with E-state index in [0.717, 1.165) is 6.07 Å². The number of phenolic OH excluding ortho intramolecular Hbond substituents is 1. The summed E-state index contributed by atoms with van der Waals surface area (Å²) in [6, 6.07) is 0.755. The first-order chi connectivity index (χ1) is 6.99. The summed E-state index contributed by atoms with van der Waals surface area (Å²) in [6.07, 6.45) is 0.449. The third kappa shape index (κ3) is 2.38. The minimum Gasteiger partial charge on any atom is -0.505 e. The highest BCUT2D eigenvalue weighted by molar-refractivity contribution is 6.30. The van der Waals surface area contributed by atoms with Gasteiger partial charge in [0.05, 0.1) is 5.02 Å². The number of phenols is 1. The predicted molar refractivity (Wildman–Crippen MR) is 55.1 cm³/mol. The van der Waals surface area contributed by atoms with Gasteiger partial charge in [-0.25, -0.2) is 8.78 Å². The molecule has 5 heteroatoms. The van der Waals surface area contributed by atoms with Gasteiger partial charge >= 0.3 is 0 Å². The van der Waals surface area contributed by atoms with Gasteiger partial charge in [0, 0.05) is 5.56 Å². The van der Waals surface area contributed by atoms with Crippen molar-refractivity contribution in [3.63, 3.8) is 0 Å². The standard InChI is InChI=1S/C10H12ClF2NO/c1-5(2-3-14)8-9(13)6(11)4-7(12)10(8)15/h4-5,15H,2-3,14H2,1H3. The molecule has 1 unspecified atom stereocenters. The summed E-state index contributed by atoms with van der Waals surface area (Å²) in [4.78, 5) is 0. The van der Waals surface area contributed by atoms with E-state index in [1.807, 2.05) is 0 Å². The van der Waals surface area contributed by atoms with E-state index in [1.165, 1.54) is 0 Å². The Morgan fingerprint density at radius 3 is 2.67 bits per heavy atom. The van der Waals surface area contributed by atoms with E-state index in [2.05, 4.69) is 0 Å². The number of hydrogen-bond donors (Lipinski definition) is 2. The van der Waals surface area contributed by atoms with Crippen LogP contribution in [0.15, 0.2) is 6.07 Å². The summed E-state index contributed by atoms with van der Waals surface area (Å²) in [7, 11) is 0. The second kappa shape index (κ2) is 4.77. The molecule has 2 nitrogen and oxygen atoms in total. The quantitative estimate of drug-likeness (QED) is 0.792. The molecule has 0 radical (unpaired) electrons. The van der Waals surface area contributed by atoms with Crippen molar-refractivity contribution in [3.05, 3.63) is 28.3 Å². The fourth-order valence-electron chi connectivity index (χ4n) is 1.45. The summed E-state index contributed by atoms with van der Waals surface area (Å²) in [5.74, 6) is -2.75. The summed E-state index contributed by atoms with van der Waals surface area (Å²) in [6.45, 7) is 1.98. The maximum Gasteiger partial charge on any atom is 0.166 e. The molecule has 0 bridgehead atoms. The number of hydrogen-bond acceptors (Lipinski definition) is 2. The third-order valence-corrected chi connectivity index (χ3v) is 2.55. The molecule has 0 aromatic heterocycles. The molecule has 0 aliphatic rings. The average molecular weight is 236 g/mol. The Morgan fingerprint density at radius 1 is 1.53 bits per heavy atom. The fourth-order valence-corrected chi connectivity index (χ4v) is 1.65. The molecule has 84 valence electrons. The Morgan fingerprint density at radius 2 is 2.13 bits per heavy atom. The van der Waals surface area contributed by atoms with Crippen LogP contribution in [-0.2, 0) is 0 Å². The van der Waals surface area contributed by atoms with Gasteiger partial charge in [0.15, 0.2) is 11.6 Å². The van der Waals surface area contributed by atoms with Crippen LogP contribution in [0.5, 0.6) is 5.75 Å². The Hall–Kier alpha value is -0.870. The van der Waals surface area contributed by atoms with E-state index in [0.29, 0.717) is 13.0 Å². The molecule has 1 aromatic rings. The van der Waals surface area contributed by atoms with Crippen LogP contribution in [0.25, 0.3) is 0 Å². The highest BCUT2D eigenvalue weighted by Crippen LogP contribution is 2.35. The van der Waals surface area contributed by atoms with E-state index in [9.17, 15) is 13.9 Å². The number of benzene rings is 1. The zero-order chi connectivity index (χ0) is 11.6. The average Bonchev–Trinajstić information content (AvgIpc) is 2.16. The molecule has 0 amide bonds. The smallest absolute Gasteiger partial charge is 0.166 e. The van der Waals surface area contributed by atoms with Gasteiger partial charge in [0.25, 0.3) is 0 Å². The second-order valence-electron chi connectivity index (χ2n) is 3.39. The lowest BCUT2D eigenvalue weighted by Gasteiger charge is -2.14. The first-order valence-corrected chi connectivity index (χ1v) is 4.93. The molecule has 15 heavy (non-hydrogen) atoms. The van der Waals surface area contributed by atoms with Crippen molar-refractivity contribution in [2.45, 2.75) is 19.3 Å². The molecule has 1 atom stereocenters. The van der Waals surface area contributed by atoms with Gasteiger partial charge in [-0.3, -0.25) is 0 Å². The molecule has 1 aromatic carbocycles. The second-order valence-corrected chi connectivity index (χ2v) is 3.80. The van der Waals surface area contributed by atoms with Gasteiger partial charge in [0.1, 0.15) is 5.82 Å². The largest absolute Gasteiger partial charge is 0.505 e. The van der Waals surface area contributed by atoms with Crippen LogP contribution in [0.2, 0.25) is 5.02 Å². The highest BCUT2D eigenvalue weighted by atomic mass is 35.5. The van der Waals surface area contributed by atoms with E-state index in [1.54, 1.807) is 6.92 Å². The Balaban J connectivity index is 3.26. The van der Waals surface area contributed by atoms with Crippen LogP contribution >= 0.6 is 11.6 Å². The number of rotatable bonds is 3. The predicted octanol–water partition coefficient (Wildman–Crippen LogP) is 2.78. The van der Waals surface area contributed by atoms with Gasteiger partial charge in [0.2, 0.25) is 0 Å². The number of halogens is 3. The SMILES string of the molecule is CC(CCN)c1c(O)c(F)cc(Cl)c1F. The van der Waals surface area contributed by atoms with E-state index >= 15 is 0 Å². The lowest BCUT2D eigenvalue weighted by Crippen LogP contribution is -2.07. The molecule has 3 N–H and O–H groups in total. The van der Waals surface area contributed by atoms with Gasteiger partial charge in [-0.05, 0) is 24.9 Å². The fraction of sp³-hybridized carbons (Fsp3) is 0.400. The number of aromatic hydroxyl groups is 1. The molecule has 0 aliphatic heterocycles. The van der Waals surface area contributed by atoms with Crippen LogP contribution < -0.4 is 5.73 Å². The maximum atomic E-state index is 13.5. The summed E-state index contributed by atoms with van der Waals surface area (Å²) < 4.78 is 26.6. The van der Waals surface area contributed by atoms with Crippen molar-refractivity contribution in [2.24, 2.45) is 5.73 Å². The van der Waals surface area contributed by atoms with Crippen molar-refractivity contribution in [2.75, 3.05) is 6.54 Å². The first-order valence-electron chi connectivity index (χ1n) is 4.55. The number of nitrogens with two attached hydrogens (primary N) is 1. The highest BCUT2D eigenvalue weighted by Gasteiger charge is 2.21. The summed E-state index contributed by atoms with van der Waals surface area (Å²) >= 11 is 5.48. The van der Waals surface area contributed by atoms with Gasteiger partial charge < -0.3 is 10.8 Å². The summed E-state index contributed by atoms with van der Waals surface area (Å²) in [5.41, 5.74) is 5.21. The Kier molecular flexibility index (Phi) is 3.88. The van der Waals surface area contributed by atoms with Crippen molar-refractivity contribution < 1.29 is 13.9 Å². The minimum atomic E-state index is -0.916. The van der Waals surface area contributed by atoms with Gasteiger partial charge in [-0.1, -0.05) is 18.5 Å². The normalized spacial score (nSPS) is 12.9. The molecule has 0 saturated carbocycles. The molecule has 0 spiro atoms. The van der Waals surface area contributed by atoms with Crippen LogP contribution in [0.4, 0.5) is 8.78 Å². The molecule has 0 fully saturated rings. The monoisotopic (exact) mass is 235 g/mol. The summed E-state index contributed by atoms with van der Waals surface area (Å²) in [5, 5.41) is 9.06. The maximum absolute atomic E-state index is 13.5. The van der Waals surface area contributed by atoms with Gasteiger partial charge in [-0.15, -0.1) is 0 Å². The van der Waals surface area contributed by atoms with Crippen molar-refractivity contribution in [1.82, 2.24) is 0 Å². The van der Waals surface area contributed by atoms with Crippen LogP contribution in [0, 0.1) is 11.6 Å². The van der Waals surface area contributed by atoms with Crippen LogP contribution in [0.3, 0.4) is 0 Å². The molecule has 0 heterocycles. The lowest BCUT2D eigenvalue weighted by atomic mass is 9.96. The third-order valence-electron chi connectivity index (χ3n) is 2.27. The lowest BCUT2D eigenvalue weighted by molar-refractivity contribution is 0.410. The molecule has 0 saturated heterocycles. The van der Waals surface area contributed by atoms with E-state index in [4.69, 9.17) is 17.3 Å². The Labute approximate surface area is 91.7 Å². The van der Waals surface area contributed by atoms with E-state index < -0.39 is 17.4 Å². The van der Waals surface area contributed by atoms with E-state index in [-0.39, 0.29) is 16.5 Å². The van der Waals surface area contributed by atoms with Crippen LogP contribution in [-0.4, -0.2) is 11.7 Å². The van der Waals surface area contributed by atoms with Crippen LogP contribution in [0.1, 0.15) is 24.8 Å². The zero-order valence-electron chi connectivity index (χ0n) is 8.23. The first kappa shape index (κ1) is 12.2. The molecular formula is C10H12ClF2NO. The molecular weight excluding hydrogens is 224 g/mol. The molecule has 0 aliphatic carbocycles. The molecule has 1 rings (SSSR count).